The molecular formula is C13H9F2IN2O. The average molecular weight is 374 g/mol. The van der Waals surface area contributed by atoms with E-state index in [1.54, 1.807) is 18.2 Å². The molecule has 2 aromatic rings. The fraction of sp³-hybridized carbons (Fsp3) is 0. The normalized spacial score (nSPS) is 10.1. The number of rotatable bonds is 2. The number of amides is 2. The van der Waals surface area contributed by atoms with E-state index in [1.165, 1.54) is 6.07 Å². The molecule has 0 fully saturated rings. The molecule has 2 aromatic carbocycles. The van der Waals surface area contributed by atoms with Crippen LogP contribution < -0.4 is 10.6 Å². The maximum Gasteiger partial charge on any atom is 0.323 e. The first-order valence-electron chi connectivity index (χ1n) is 5.34. The Morgan fingerprint density at radius 1 is 0.947 bits per heavy atom. The first kappa shape index (κ1) is 13.7. The van der Waals surface area contributed by atoms with Crippen molar-refractivity contribution in [3.63, 3.8) is 0 Å². The number of halogens is 3. The Bertz CT molecular complexity index is 599. The topological polar surface area (TPSA) is 41.1 Å². The minimum atomic E-state index is -0.821. The molecule has 0 saturated heterocycles. The van der Waals surface area contributed by atoms with Gasteiger partial charge in [-0.1, -0.05) is 18.2 Å². The largest absolute Gasteiger partial charge is 0.323 e. The maximum atomic E-state index is 13.3. The van der Waals surface area contributed by atoms with E-state index in [1.807, 2.05) is 28.7 Å². The van der Waals surface area contributed by atoms with Crippen LogP contribution in [0.5, 0.6) is 0 Å². The second-order valence-electron chi connectivity index (χ2n) is 3.66. The molecule has 2 N–H and O–H groups in total. The van der Waals surface area contributed by atoms with Crippen molar-refractivity contribution in [2.24, 2.45) is 0 Å². The van der Waals surface area contributed by atoms with Crippen LogP contribution in [0.2, 0.25) is 0 Å². The molecule has 0 heterocycles. The highest BCUT2D eigenvalue weighted by molar-refractivity contribution is 14.1. The number of anilines is 2. The third kappa shape index (κ3) is 3.40. The van der Waals surface area contributed by atoms with E-state index in [2.05, 4.69) is 10.6 Å². The molecule has 2 rings (SSSR count). The molecule has 0 aliphatic heterocycles. The fourth-order valence-electron chi connectivity index (χ4n) is 1.45. The smallest absolute Gasteiger partial charge is 0.307 e. The van der Waals surface area contributed by atoms with Crippen molar-refractivity contribution in [2.45, 2.75) is 0 Å². The van der Waals surface area contributed by atoms with Crippen LogP contribution in [0.15, 0.2) is 42.5 Å². The molecular weight excluding hydrogens is 365 g/mol. The predicted molar refractivity (Wildman–Crippen MR) is 78.2 cm³/mol. The summed E-state index contributed by atoms with van der Waals surface area (Å²) in [7, 11) is 0. The van der Waals surface area contributed by atoms with E-state index in [-0.39, 0.29) is 0 Å². The molecule has 98 valence electrons. The Morgan fingerprint density at radius 3 is 2.21 bits per heavy atom. The van der Waals surface area contributed by atoms with E-state index >= 15 is 0 Å². The van der Waals surface area contributed by atoms with Crippen LogP contribution in [0.1, 0.15) is 0 Å². The molecule has 3 nitrogen and oxygen atoms in total. The summed E-state index contributed by atoms with van der Waals surface area (Å²) in [6.07, 6.45) is 0. The summed E-state index contributed by atoms with van der Waals surface area (Å²) in [4.78, 5) is 11.7. The van der Waals surface area contributed by atoms with Crippen molar-refractivity contribution in [1.82, 2.24) is 0 Å². The van der Waals surface area contributed by atoms with Crippen LogP contribution in [-0.4, -0.2) is 6.03 Å². The van der Waals surface area contributed by atoms with E-state index in [9.17, 15) is 13.6 Å². The number of benzene rings is 2. The number of hydrogen-bond acceptors (Lipinski definition) is 1. The molecule has 0 radical (unpaired) electrons. The number of nitrogens with one attached hydrogen (secondary N) is 2. The van der Waals surface area contributed by atoms with Gasteiger partial charge in [-0.25, -0.2) is 13.6 Å². The van der Waals surface area contributed by atoms with Crippen LogP contribution >= 0.6 is 22.6 Å². The van der Waals surface area contributed by atoms with Crippen LogP contribution in [0, 0.1) is 15.2 Å². The van der Waals surface area contributed by atoms with Crippen molar-refractivity contribution >= 4 is 40.0 Å². The standard InChI is InChI=1S/C13H9F2IN2O/c14-8-4-3-5-9(15)12(8)18-13(19)17-11-7-2-1-6-10(11)16/h1-7H,(H2,17,18,19). The van der Waals surface area contributed by atoms with Gasteiger partial charge in [-0.3, -0.25) is 0 Å². The fourth-order valence-corrected chi connectivity index (χ4v) is 1.97. The molecule has 0 saturated carbocycles. The molecule has 2 amide bonds. The minimum Gasteiger partial charge on any atom is -0.307 e. The Labute approximate surface area is 122 Å². The SMILES string of the molecule is O=C(Nc1ccccc1I)Nc1c(F)cccc1F. The Morgan fingerprint density at radius 2 is 1.58 bits per heavy atom. The van der Waals surface area contributed by atoms with Gasteiger partial charge in [0, 0.05) is 3.57 Å². The van der Waals surface area contributed by atoms with Gasteiger partial charge in [0.1, 0.15) is 17.3 Å². The van der Waals surface area contributed by atoms with Gasteiger partial charge in [0.2, 0.25) is 0 Å². The molecule has 0 bridgehead atoms. The zero-order valence-electron chi connectivity index (χ0n) is 9.58. The highest BCUT2D eigenvalue weighted by Gasteiger charge is 2.12. The minimum absolute atomic E-state index is 0.467. The Kier molecular flexibility index (Phi) is 4.31. The van der Waals surface area contributed by atoms with E-state index in [0.29, 0.717) is 5.69 Å². The van der Waals surface area contributed by atoms with Gasteiger partial charge >= 0.3 is 6.03 Å². The summed E-state index contributed by atoms with van der Waals surface area (Å²) in [5.41, 5.74) is 0.100. The van der Waals surface area contributed by atoms with E-state index in [0.717, 1.165) is 15.7 Å². The second kappa shape index (κ2) is 5.96. The van der Waals surface area contributed by atoms with Crippen LogP contribution in [-0.2, 0) is 0 Å². The van der Waals surface area contributed by atoms with Crippen LogP contribution in [0.4, 0.5) is 25.0 Å². The lowest BCUT2D eigenvalue weighted by Crippen LogP contribution is -2.21. The van der Waals surface area contributed by atoms with E-state index < -0.39 is 23.4 Å². The van der Waals surface area contributed by atoms with Crippen molar-refractivity contribution in [2.75, 3.05) is 10.6 Å². The number of hydrogen-bond donors (Lipinski definition) is 2. The zero-order chi connectivity index (χ0) is 13.8. The molecule has 0 aromatic heterocycles. The van der Waals surface area contributed by atoms with Gasteiger partial charge in [-0.05, 0) is 46.9 Å². The Hall–Kier alpha value is -1.70. The van der Waals surface area contributed by atoms with Crippen molar-refractivity contribution in [1.29, 1.82) is 0 Å². The van der Waals surface area contributed by atoms with Crippen molar-refractivity contribution in [3.05, 3.63) is 57.7 Å². The monoisotopic (exact) mass is 374 g/mol. The molecule has 0 aliphatic carbocycles. The van der Waals surface area contributed by atoms with E-state index in [4.69, 9.17) is 0 Å². The van der Waals surface area contributed by atoms with Crippen LogP contribution in [0.3, 0.4) is 0 Å². The van der Waals surface area contributed by atoms with Gasteiger partial charge in [0.25, 0.3) is 0 Å². The first-order chi connectivity index (χ1) is 9.08. The maximum absolute atomic E-state index is 13.3. The zero-order valence-corrected chi connectivity index (χ0v) is 11.7. The lowest BCUT2D eigenvalue weighted by Gasteiger charge is -2.10. The summed E-state index contributed by atoms with van der Waals surface area (Å²) in [5.74, 6) is -1.64. The summed E-state index contributed by atoms with van der Waals surface area (Å²) < 4.78 is 27.5. The molecule has 0 spiro atoms. The number of urea groups is 1. The quantitative estimate of drug-likeness (QED) is 0.760. The first-order valence-corrected chi connectivity index (χ1v) is 6.42. The summed E-state index contributed by atoms with van der Waals surface area (Å²) in [6, 6.07) is 9.75. The average Bonchev–Trinajstić information content (AvgIpc) is 2.37. The third-order valence-corrected chi connectivity index (χ3v) is 3.26. The van der Waals surface area contributed by atoms with Gasteiger partial charge < -0.3 is 10.6 Å². The molecule has 0 aliphatic rings. The summed E-state index contributed by atoms with van der Waals surface area (Å²) in [5, 5.41) is 4.67. The van der Waals surface area contributed by atoms with Gasteiger partial charge in [0.05, 0.1) is 5.69 Å². The molecule has 0 atom stereocenters. The highest BCUT2D eigenvalue weighted by atomic mass is 127. The molecule has 0 unspecified atom stereocenters. The third-order valence-electron chi connectivity index (χ3n) is 2.32. The Balaban J connectivity index is 2.12. The predicted octanol–water partition coefficient (Wildman–Crippen LogP) is 4.21. The van der Waals surface area contributed by atoms with Crippen molar-refractivity contribution < 1.29 is 13.6 Å². The van der Waals surface area contributed by atoms with Gasteiger partial charge in [-0.15, -0.1) is 0 Å². The van der Waals surface area contributed by atoms with Crippen molar-refractivity contribution in [3.8, 4) is 0 Å². The second-order valence-corrected chi connectivity index (χ2v) is 4.82. The summed E-state index contributed by atoms with van der Waals surface area (Å²) >= 11 is 2.05. The lowest BCUT2D eigenvalue weighted by atomic mass is 10.3. The number of para-hydroxylation sites is 2. The lowest BCUT2D eigenvalue weighted by molar-refractivity contribution is 0.262. The van der Waals surface area contributed by atoms with Crippen LogP contribution in [0.25, 0.3) is 0 Å². The number of carbonyl (C=O) groups excluding carboxylic acids is 1. The molecule has 19 heavy (non-hydrogen) atoms. The number of carbonyl (C=O) groups is 1. The van der Waals surface area contributed by atoms with Gasteiger partial charge in [-0.2, -0.15) is 0 Å². The highest BCUT2D eigenvalue weighted by Crippen LogP contribution is 2.20. The molecule has 6 heteroatoms. The van der Waals surface area contributed by atoms with Gasteiger partial charge in [0.15, 0.2) is 0 Å². The summed E-state index contributed by atoms with van der Waals surface area (Å²) in [6.45, 7) is 0.